The lowest BCUT2D eigenvalue weighted by molar-refractivity contribution is -0.134. The summed E-state index contributed by atoms with van der Waals surface area (Å²) in [5, 5.41) is 12.4. The molecule has 0 aliphatic rings. The van der Waals surface area contributed by atoms with Gasteiger partial charge < -0.3 is 16.2 Å². The molecule has 4 N–H and O–H groups in total. The van der Waals surface area contributed by atoms with Gasteiger partial charge in [-0.3, -0.25) is 9.59 Å². The summed E-state index contributed by atoms with van der Waals surface area (Å²) in [4.78, 5) is 23.2. The minimum Gasteiger partial charge on any atom is -0.378 e. The molecule has 0 spiro atoms. The van der Waals surface area contributed by atoms with Gasteiger partial charge in [0, 0.05) is 0 Å². The molecule has 0 bridgehead atoms. The van der Waals surface area contributed by atoms with E-state index in [-0.39, 0.29) is 5.92 Å². The van der Waals surface area contributed by atoms with Gasteiger partial charge >= 0.3 is 0 Å². The molecule has 5 heteroatoms. The molecule has 0 aliphatic heterocycles. The van der Waals surface area contributed by atoms with E-state index in [4.69, 9.17) is 5.73 Å². The summed E-state index contributed by atoms with van der Waals surface area (Å²) in [6, 6.07) is 7.77. The van der Waals surface area contributed by atoms with Crippen LogP contribution in [0.2, 0.25) is 0 Å². The molecule has 0 fully saturated rings. The SMILES string of the molecule is CCC(C)C(NC(=O)C(O)c1ccccc1)C(N)=O. The number of aliphatic hydroxyl groups is 1. The van der Waals surface area contributed by atoms with Crippen LogP contribution in [0.4, 0.5) is 0 Å². The Labute approximate surface area is 112 Å². The zero-order valence-electron chi connectivity index (χ0n) is 11.2. The highest BCUT2D eigenvalue weighted by Gasteiger charge is 2.27. The Bertz CT molecular complexity index is 434. The monoisotopic (exact) mass is 264 g/mol. The molecular weight excluding hydrogens is 244 g/mol. The normalized spacial score (nSPS) is 15.3. The smallest absolute Gasteiger partial charge is 0.254 e. The first-order valence-corrected chi connectivity index (χ1v) is 6.30. The molecule has 1 aromatic rings. The fourth-order valence-corrected chi connectivity index (χ4v) is 1.75. The maximum atomic E-state index is 11.9. The van der Waals surface area contributed by atoms with Gasteiger partial charge in [-0.05, 0) is 11.5 Å². The predicted octanol–water partition coefficient (Wildman–Crippen LogP) is 0.736. The average Bonchev–Trinajstić information content (AvgIpc) is 2.43. The summed E-state index contributed by atoms with van der Waals surface area (Å²) >= 11 is 0. The Morgan fingerprint density at radius 1 is 1.32 bits per heavy atom. The molecule has 104 valence electrons. The molecule has 3 atom stereocenters. The van der Waals surface area contributed by atoms with Gasteiger partial charge in [-0.25, -0.2) is 0 Å². The maximum Gasteiger partial charge on any atom is 0.254 e. The Hall–Kier alpha value is -1.88. The number of nitrogens with one attached hydrogen (secondary N) is 1. The van der Waals surface area contributed by atoms with Gasteiger partial charge in [0.1, 0.15) is 6.04 Å². The van der Waals surface area contributed by atoms with E-state index in [9.17, 15) is 14.7 Å². The van der Waals surface area contributed by atoms with Gasteiger partial charge in [0.05, 0.1) is 0 Å². The van der Waals surface area contributed by atoms with Gasteiger partial charge in [0.25, 0.3) is 5.91 Å². The van der Waals surface area contributed by atoms with E-state index >= 15 is 0 Å². The van der Waals surface area contributed by atoms with Gasteiger partial charge in [0.15, 0.2) is 6.10 Å². The molecule has 0 aliphatic carbocycles. The molecule has 0 saturated heterocycles. The molecule has 2 amide bonds. The van der Waals surface area contributed by atoms with Crippen molar-refractivity contribution in [3.63, 3.8) is 0 Å². The third kappa shape index (κ3) is 4.06. The molecule has 0 radical (unpaired) electrons. The number of nitrogens with two attached hydrogens (primary N) is 1. The van der Waals surface area contributed by atoms with Gasteiger partial charge in [-0.15, -0.1) is 0 Å². The van der Waals surface area contributed by atoms with Crippen molar-refractivity contribution in [3.8, 4) is 0 Å². The topological polar surface area (TPSA) is 92.4 Å². The van der Waals surface area contributed by atoms with E-state index in [1.807, 2.05) is 13.8 Å². The van der Waals surface area contributed by atoms with E-state index in [1.54, 1.807) is 30.3 Å². The second-order valence-corrected chi connectivity index (χ2v) is 4.59. The highest BCUT2D eigenvalue weighted by Crippen LogP contribution is 2.14. The molecule has 3 unspecified atom stereocenters. The number of carbonyl (C=O) groups excluding carboxylic acids is 2. The van der Waals surface area contributed by atoms with Crippen molar-refractivity contribution in [2.75, 3.05) is 0 Å². The van der Waals surface area contributed by atoms with E-state index in [2.05, 4.69) is 5.32 Å². The van der Waals surface area contributed by atoms with Crippen LogP contribution < -0.4 is 11.1 Å². The number of amides is 2. The van der Waals surface area contributed by atoms with Crippen LogP contribution in [-0.2, 0) is 9.59 Å². The van der Waals surface area contributed by atoms with E-state index in [0.717, 1.165) is 0 Å². The first-order chi connectivity index (χ1) is 8.97. The van der Waals surface area contributed by atoms with E-state index in [0.29, 0.717) is 12.0 Å². The Balaban J connectivity index is 2.75. The molecule has 1 rings (SSSR count). The van der Waals surface area contributed by atoms with Crippen molar-refractivity contribution in [2.45, 2.75) is 32.4 Å². The van der Waals surface area contributed by atoms with Crippen molar-refractivity contribution in [1.82, 2.24) is 5.32 Å². The lowest BCUT2D eigenvalue weighted by atomic mass is 9.98. The van der Waals surface area contributed by atoms with Crippen LogP contribution in [0, 0.1) is 5.92 Å². The second-order valence-electron chi connectivity index (χ2n) is 4.59. The zero-order valence-corrected chi connectivity index (χ0v) is 11.2. The summed E-state index contributed by atoms with van der Waals surface area (Å²) < 4.78 is 0. The Morgan fingerprint density at radius 2 is 1.89 bits per heavy atom. The lowest BCUT2D eigenvalue weighted by Gasteiger charge is -2.22. The number of rotatable bonds is 6. The molecule has 19 heavy (non-hydrogen) atoms. The Kier molecular flexibility index (Phi) is 5.51. The van der Waals surface area contributed by atoms with Crippen molar-refractivity contribution in [2.24, 2.45) is 11.7 Å². The number of aliphatic hydroxyl groups excluding tert-OH is 1. The molecule has 0 aromatic heterocycles. The Morgan fingerprint density at radius 3 is 2.37 bits per heavy atom. The van der Waals surface area contributed by atoms with Crippen LogP contribution in [0.25, 0.3) is 0 Å². The standard InChI is InChI=1S/C14H20N2O3/c1-3-9(2)11(13(15)18)16-14(19)12(17)10-7-5-4-6-8-10/h4-9,11-12,17H,3H2,1-2H3,(H2,15,18)(H,16,19). The highest BCUT2D eigenvalue weighted by molar-refractivity contribution is 5.89. The van der Waals surface area contributed by atoms with Gasteiger partial charge in [0.2, 0.25) is 5.91 Å². The van der Waals surface area contributed by atoms with E-state index < -0.39 is 24.0 Å². The quantitative estimate of drug-likeness (QED) is 0.707. The summed E-state index contributed by atoms with van der Waals surface area (Å²) in [5.74, 6) is -1.29. The largest absolute Gasteiger partial charge is 0.378 e. The summed E-state index contributed by atoms with van der Waals surface area (Å²) in [5.41, 5.74) is 5.74. The summed E-state index contributed by atoms with van der Waals surface area (Å²) in [7, 11) is 0. The zero-order chi connectivity index (χ0) is 14.4. The van der Waals surface area contributed by atoms with Crippen molar-refractivity contribution >= 4 is 11.8 Å². The van der Waals surface area contributed by atoms with Crippen LogP contribution in [0.3, 0.4) is 0 Å². The molecular formula is C14H20N2O3. The number of hydrogen-bond acceptors (Lipinski definition) is 3. The minimum atomic E-state index is -1.30. The van der Waals surface area contributed by atoms with Crippen LogP contribution in [0.1, 0.15) is 31.9 Å². The van der Waals surface area contributed by atoms with E-state index in [1.165, 1.54) is 0 Å². The highest BCUT2D eigenvalue weighted by atomic mass is 16.3. The number of carbonyl (C=O) groups is 2. The first-order valence-electron chi connectivity index (χ1n) is 6.30. The number of hydrogen-bond donors (Lipinski definition) is 3. The maximum absolute atomic E-state index is 11.9. The molecule has 0 heterocycles. The molecule has 1 aromatic carbocycles. The van der Waals surface area contributed by atoms with Crippen molar-refractivity contribution < 1.29 is 14.7 Å². The second kappa shape index (κ2) is 6.89. The minimum absolute atomic E-state index is 0.0792. The molecule has 5 nitrogen and oxygen atoms in total. The van der Waals surface area contributed by atoms with Crippen LogP contribution in [0.15, 0.2) is 30.3 Å². The van der Waals surface area contributed by atoms with Crippen molar-refractivity contribution in [3.05, 3.63) is 35.9 Å². The average molecular weight is 264 g/mol. The predicted molar refractivity (Wildman–Crippen MR) is 72.0 cm³/mol. The van der Waals surface area contributed by atoms with Crippen LogP contribution in [-0.4, -0.2) is 23.0 Å². The fourth-order valence-electron chi connectivity index (χ4n) is 1.75. The van der Waals surface area contributed by atoms with Crippen molar-refractivity contribution in [1.29, 1.82) is 0 Å². The van der Waals surface area contributed by atoms with Crippen LogP contribution >= 0.6 is 0 Å². The van der Waals surface area contributed by atoms with Gasteiger partial charge in [-0.2, -0.15) is 0 Å². The van der Waals surface area contributed by atoms with Gasteiger partial charge in [-0.1, -0.05) is 50.6 Å². The summed E-state index contributed by atoms with van der Waals surface area (Å²) in [6.45, 7) is 3.73. The number of primary amides is 1. The molecule has 0 saturated carbocycles. The third-order valence-corrected chi connectivity index (χ3v) is 3.18. The third-order valence-electron chi connectivity index (χ3n) is 3.18. The fraction of sp³-hybridized carbons (Fsp3) is 0.429. The lowest BCUT2D eigenvalue weighted by Crippen LogP contribution is -2.49. The number of benzene rings is 1. The summed E-state index contributed by atoms with van der Waals surface area (Å²) in [6.07, 6.45) is -0.595. The van der Waals surface area contributed by atoms with Crippen LogP contribution in [0.5, 0.6) is 0 Å². The first kappa shape index (κ1) is 15.2.